The number of rotatable bonds is 3. The van der Waals surface area contributed by atoms with Gasteiger partial charge in [-0.1, -0.05) is 13.8 Å². The molecule has 0 spiro atoms. The maximum Gasteiger partial charge on any atom is 0.223 e. The van der Waals surface area contributed by atoms with Gasteiger partial charge in [-0.05, 0) is 13.3 Å². The summed E-state index contributed by atoms with van der Waals surface area (Å²) in [6.07, 6.45) is 0.641. The molecule has 0 bridgehead atoms. The Bertz CT molecular complexity index is 130. The maximum atomic E-state index is 10.7. The van der Waals surface area contributed by atoms with Crippen molar-refractivity contribution >= 4 is 5.91 Å². The van der Waals surface area contributed by atoms with Gasteiger partial charge >= 0.3 is 0 Å². The van der Waals surface area contributed by atoms with Crippen LogP contribution in [0.1, 0.15) is 27.2 Å². The quantitative estimate of drug-likeness (QED) is 0.595. The van der Waals surface area contributed by atoms with Gasteiger partial charge in [0.25, 0.3) is 0 Å². The molecule has 1 unspecified atom stereocenters. The van der Waals surface area contributed by atoms with Crippen LogP contribution in [0, 0.1) is 5.41 Å². The van der Waals surface area contributed by atoms with Crippen molar-refractivity contribution in [3.63, 3.8) is 0 Å². The topological polar surface area (TPSA) is 69.1 Å². The fraction of sp³-hybridized carbons (Fsp3) is 0.857. The molecular formula is C7H16N2O. The Morgan fingerprint density at radius 2 is 2.00 bits per heavy atom. The molecule has 0 aromatic rings. The highest BCUT2D eigenvalue weighted by atomic mass is 16.1. The van der Waals surface area contributed by atoms with Crippen molar-refractivity contribution < 1.29 is 4.79 Å². The molecular weight excluding hydrogens is 128 g/mol. The van der Waals surface area contributed by atoms with Crippen LogP contribution in [0.5, 0.6) is 0 Å². The van der Waals surface area contributed by atoms with E-state index in [-0.39, 0.29) is 11.9 Å². The van der Waals surface area contributed by atoms with Crippen LogP contribution < -0.4 is 11.5 Å². The van der Waals surface area contributed by atoms with E-state index >= 15 is 0 Å². The smallest absolute Gasteiger partial charge is 0.223 e. The second kappa shape index (κ2) is 3.01. The molecule has 0 heterocycles. The van der Waals surface area contributed by atoms with Crippen molar-refractivity contribution in [1.82, 2.24) is 0 Å². The first-order valence-electron chi connectivity index (χ1n) is 3.42. The van der Waals surface area contributed by atoms with Crippen molar-refractivity contribution in [2.24, 2.45) is 16.9 Å². The largest absolute Gasteiger partial charge is 0.369 e. The lowest BCUT2D eigenvalue weighted by atomic mass is 9.86. The molecule has 0 aromatic carbocycles. The van der Waals surface area contributed by atoms with Crippen LogP contribution in [-0.4, -0.2) is 11.9 Å². The SMILES string of the molecule is CC(N)CC(C)(C)C(N)=O. The molecule has 0 aliphatic carbocycles. The van der Waals surface area contributed by atoms with Crippen molar-refractivity contribution in [3.05, 3.63) is 0 Å². The molecule has 4 N–H and O–H groups in total. The molecule has 0 aliphatic rings. The lowest BCUT2D eigenvalue weighted by Gasteiger charge is -2.21. The fourth-order valence-electron chi connectivity index (χ4n) is 0.906. The average Bonchev–Trinajstić information content (AvgIpc) is 1.60. The monoisotopic (exact) mass is 144 g/mol. The standard InChI is InChI=1S/C7H16N2O/c1-5(8)4-7(2,3)6(9)10/h5H,4,8H2,1-3H3,(H2,9,10). The molecule has 0 saturated heterocycles. The molecule has 1 atom stereocenters. The van der Waals surface area contributed by atoms with Gasteiger partial charge in [0.05, 0.1) is 0 Å². The van der Waals surface area contributed by atoms with Crippen molar-refractivity contribution in [1.29, 1.82) is 0 Å². The predicted octanol–water partition coefficient (Wildman–Crippen LogP) is 0.235. The van der Waals surface area contributed by atoms with Crippen molar-refractivity contribution in [2.75, 3.05) is 0 Å². The average molecular weight is 144 g/mol. The molecule has 3 nitrogen and oxygen atoms in total. The summed E-state index contributed by atoms with van der Waals surface area (Å²) in [7, 11) is 0. The molecule has 0 saturated carbocycles. The molecule has 60 valence electrons. The molecule has 0 fully saturated rings. The summed E-state index contributed by atoms with van der Waals surface area (Å²) >= 11 is 0. The lowest BCUT2D eigenvalue weighted by Crippen LogP contribution is -2.36. The van der Waals surface area contributed by atoms with E-state index in [1.165, 1.54) is 0 Å². The van der Waals surface area contributed by atoms with Crippen LogP contribution in [0.2, 0.25) is 0 Å². The molecule has 1 amide bonds. The molecule has 0 radical (unpaired) electrons. The number of primary amides is 1. The highest BCUT2D eigenvalue weighted by Gasteiger charge is 2.25. The number of carbonyl (C=O) groups is 1. The predicted molar refractivity (Wildman–Crippen MR) is 41.2 cm³/mol. The minimum Gasteiger partial charge on any atom is -0.369 e. The van der Waals surface area contributed by atoms with Gasteiger partial charge in [-0.2, -0.15) is 0 Å². The first-order chi connectivity index (χ1) is 4.36. The Balaban J connectivity index is 4.00. The number of hydrogen-bond acceptors (Lipinski definition) is 2. The Morgan fingerprint density at radius 3 is 2.10 bits per heavy atom. The summed E-state index contributed by atoms with van der Waals surface area (Å²) in [4.78, 5) is 10.7. The molecule has 3 heteroatoms. The Hall–Kier alpha value is -0.570. The third-order valence-corrected chi connectivity index (χ3v) is 1.50. The van der Waals surface area contributed by atoms with E-state index in [0.717, 1.165) is 0 Å². The van der Waals surface area contributed by atoms with Crippen molar-refractivity contribution in [2.45, 2.75) is 33.2 Å². The molecule has 0 aliphatic heterocycles. The summed E-state index contributed by atoms with van der Waals surface area (Å²) in [6.45, 7) is 5.47. The van der Waals surface area contributed by atoms with Gasteiger partial charge in [0.2, 0.25) is 5.91 Å². The first-order valence-corrected chi connectivity index (χ1v) is 3.42. The highest BCUT2D eigenvalue weighted by molar-refractivity contribution is 5.79. The van der Waals surface area contributed by atoms with E-state index in [0.29, 0.717) is 6.42 Å². The number of amides is 1. The third-order valence-electron chi connectivity index (χ3n) is 1.50. The number of hydrogen-bond donors (Lipinski definition) is 2. The van der Waals surface area contributed by atoms with Crippen LogP contribution >= 0.6 is 0 Å². The van der Waals surface area contributed by atoms with E-state index in [4.69, 9.17) is 11.5 Å². The fourth-order valence-corrected chi connectivity index (χ4v) is 0.906. The zero-order valence-corrected chi connectivity index (χ0v) is 6.85. The zero-order valence-electron chi connectivity index (χ0n) is 6.85. The van der Waals surface area contributed by atoms with E-state index in [9.17, 15) is 4.79 Å². The third kappa shape index (κ3) is 2.82. The van der Waals surface area contributed by atoms with Gasteiger partial charge in [-0.3, -0.25) is 4.79 Å². The molecule has 0 aromatic heterocycles. The van der Waals surface area contributed by atoms with Crippen LogP contribution in [0.15, 0.2) is 0 Å². The van der Waals surface area contributed by atoms with Crippen LogP contribution in [0.3, 0.4) is 0 Å². The van der Waals surface area contributed by atoms with E-state index in [1.54, 1.807) is 13.8 Å². The Kier molecular flexibility index (Phi) is 2.84. The Morgan fingerprint density at radius 1 is 1.60 bits per heavy atom. The summed E-state index contributed by atoms with van der Waals surface area (Å²) in [6, 6.07) is 0.0301. The number of nitrogens with two attached hydrogens (primary N) is 2. The van der Waals surface area contributed by atoms with Crippen LogP contribution in [-0.2, 0) is 4.79 Å². The number of carbonyl (C=O) groups excluding carboxylic acids is 1. The first kappa shape index (κ1) is 9.43. The zero-order chi connectivity index (χ0) is 8.36. The van der Waals surface area contributed by atoms with E-state index in [1.807, 2.05) is 6.92 Å². The minimum atomic E-state index is -0.464. The van der Waals surface area contributed by atoms with Gasteiger partial charge in [-0.15, -0.1) is 0 Å². The summed E-state index contributed by atoms with van der Waals surface area (Å²) in [5.74, 6) is -0.287. The van der Waals surface area contributed by atoms with Gasteiger partial charge < -0.3 is 11.5 Å². The molecule has 10 heavy (non-hydrogen) atoms. The van der Waals surface area contributed by atoms with Crippen molar-refractivity contribution in [3.8, 4) is 0 Å². The van der Waals surface area contributed by atoms with Crippen LogP contribution in [0.4, 0.5) is 0 Å². The maximum absolute atomic E-state index is 10.7. The summed E-state index contributed by atoms with van der Waals surface area (Å²) in [5, 5.41) is 0. The summed E-state index contributed by atoms with van der Waals surface area (Å²) < 4.78 is 0. The van der Waals surface area contributed by atoms with Gasteiger partial charge in [0.15, 0.2) is 0 Å². The normalized spacial score (nSPS) is 14.8. The van der Waals surface area contributed by atoms with E-state index < -0.39 is 5.41 Å². The second-order valence-electron chi connectivity index (χ2n) is 3.43. The minimum absolute atomic E-state index is 0.0301. The second-order valence-corrected chi connectivity index (χ2v) is 3.43. The Labute approximate surface area is 61.8 Å². The van der Waals surface area contributed by atoms with Crippen LogP contribution in [0.25, 0.3) is 0 Å². The van der Waals surface area contributed by atoms with Gasteiger partial charge in [0, 0.05) is 11.5 Å². The lowest BCUT2D eigenvalue weighted by molar-refractivity contribution is -0.126. The summed E-state index contributed by atoms with van der Waals surface area (Å²) in [5.41, 5.74) is 10.2. The van der Waals surface area contributed by atoms with Gasteiger partial charge in [-0.25, -0.2) is 0 Å². The van der Waals surface area contributed by atoms with E-state index in [2.05, 4.69) is 0 Å². The van der Waals surface area contributed by atoms with Gasteiger partial charge in [0.1, 0.15) is 0 Å². The molecule has 0 rings (SSSR count). The highest BCUT2D eigenvalue weighted by Crippen LogP contribution is 2.20.